The predicted molar refractivity (Wildman–Crippen MR) is 110 cm³/mol. The first-order chi connectivity index (χ1) is 13.5. The van der Waals surface area contributed by atoms with E-state index in [0.717, 1.165) is 26.4 Å². The Balaban J connectivity index is 1.42. The second kappa shape index (κ2) is 7.67. The van der Waals surface area contributed by atoms with E-state index < -0.39 is 0 Å². The molecule has 1 aromatic carbocycles. The second-order valence-electron chi connectivity index (χ2n) is 6.86. The highest BCUT2D eigenvalue weighted by Crippen LogP contribution is 2.23. The molecule has 3 heterocycles. The fraction of sp³-hybridized carbons (Fsp3) is 0.333. The number of hydrogen-bond donors (Lipinski definition) is 1. The molecule has 0 bridgehead atoms. The molecule has 1 saturated heterocycles. The van der Waals surface area contributed by atoms with Crippen molar-refractivity contribution >= 4 is 34.1 Å². The third-order valence-corrected chi connectivity index (χ3v) is 5.93. The Morgan fingerprint density at radius 2 is 1.75 bits per heavy atom. The average molecular weight is 398 g/mol. The highest BCUT2D eigenvalue weighted by molar-refractivity contribution is 7.13. The van der Waals surface area contributed by atoms with Crippen LogP contribution in [0.1, 0.15) is 32.0 Å². The summed E-state index contributed by atoms with van der Waals surface area (Å²) in [7, 11) is 0. The number of aryl methyl sites for hydroxylation is 1. The number of carbonyl (C=O) groups excluding carboxylic acids is 2. The zero-order valence-electron chi connectivity index (χ0n) is 16.0. The molecule has 1 aliphatic rings. The van der Waals surface area contributed by atoms with Crippen LogP contribution in [-0.4, -0.2) is 59.4 Å². The number of H-pyrrole nitrogens is 1. The molecule has 0 radical (unpaired) electrons. The van der Waals surface area contributed by atoms with Crippen LogP contribution < -0.4 is 4.74 Å². The van der Waals surface area contributed by atoms with Crippen molar-refractivity contribution in [1.82, 2.24) is 14.8 Å². The largest absolute Gasteiger partial charge is 0.494 e. The van der Waals surface area contributed by atoms with Gasteiger partial charge in [0, 0.05) is 48.0 Å². The van der Waals surface area contributed by atoms with Crippen LogP contribution in [0.5, 0.6) is 5.75 Å². The van der Waals surface area contributed by atoms with Crippen LogP contribution in [0.2, 0.25) is 0 Å². The minimum atomic E-state index is -0.0340. The molecule has 0 unspecified atom stereocenters. The molecule has 7 heteroatoms. The zero-order valence-corrected chi connectivity index (χ0v) is 16.8. The molecule has 1 N–H and O–H groups in total. The Bertz CT molecular complexity index is 1020. The van der Waals surface area contributed by atoms with Crippen molar-refractivity contribution in [2.24, 2.45) is 0 Å². The molecule has 6 nitrogen and oxygen atoms in total. The van der Waals surface area contributed by atoms with Crippen molar-refractivity contribution in [3.8, 4) is 5.75 Å². The monoisotopic (exact) mass is 397 g/mol. The normalized spacial score (nSPS) is 14.5. The van der Waals surface area contributed by atoms with E-state index in [2.05, 4.69) is 4.98 Å². The fourth-order valence-corrected chi connectivity index (χ4v) is 4.30. The molecule has 1 aliphatic heterocycles. The van der Waals surface area contributed by atoms with Gasteiger partial charge in [-0.3, -0.25) is 9.59 Å². The van der Waals surface area contributed by atoms with Crippen molar-refractivity contribution < 1.29 is 14.3 Å². The van der Waals surface area contributed by atoms with E-state index >= 15 is 0 Å². The Morgan fingerprint density at radius 1 is 1.04 bits per heavy atom. The van der Waals surface area contributed by atoms with Crippen molar-refractivity contribution in [2.75, 3.05) is 32.8 Å². The summed E-state index contributed by atoms with van der Waals surface area (Å²) >= 11 is 1.51. The molecular formula is C21H23N3O3S. The fourth-order valence-electron chi connectivity index (χ4n) is 3.47. The van der Waals surface area contributed by atoms with Gasteiger partial charge in [0.05, 0.1) is 11.5 Å². The van der Waals surface area contributed by atoms with Gasteiger partial charge in [-0.1, -0.05) is 0 Å². The standard InChI is InChI=1S/C21H23N3O3S/c1-3-27-16-6-5-15-12-18(22-17(15)13-16)20(25)23-8-10-24(11-9-23)21(26)19-7-4-14(2)28-19/h4-7,12-13,22H,3,8-11H2,1-2H3. The zero-order chi connectivity index (χ0) is 19.7. The van der Waals surface area contributed by atoms with Crippen molar-refractivity contribution in [1.29, 1.82) is 0 Å². The Kier molecular flexibility index (Phi) is 5.09. The number of piperazine rings is 1. The Morgan fingerprint density at radius 3 is 2.39 bits per heavy atom. The van der Waals surface area contributed by atoms with Crippen LogP contribution in [-0.2, 0) is 0 Å². The summed E-state index contributed by atoms with van der Waals surface area (Å²) in [5.41, 5.74) is 1.45. The van der Waals surface area contributed by atoms with E-state index in [9.17, 15) is 9.59 Å². The summed E-state index contributed by atoms with van der Waals surface area (Å²) in [5.74, 6) is 0.805. The van der Waals surface area contributed by atoms with Gasteiger partial charge in [0.2, 0.25) is 0 Å². The van der Waals surface area contributed by atoms with E-state index in [1.54, 1.807) is 4.90 Å². The quantitative estimate of drug-likeness (QED) is 0.732. The Hall–Kier alpha value is -2.80. The van der Waals surface area contributed by atoms with Gasteiger partial charge in [0.15, 0.2) is 0 Å². The van der Waals surface area contributed by atoms with Gasteiger partial charge < -0.3 is 19.5 Å². The van der Waals surface area contributed by atoms with Gasteiger partial charge in [0.25, 0.3) is 11.8 Å². The first-order valence-electron chi connectivity index (χ1n) is 9.45. The SMILES string of the molecule is CCOc1ccc2cc(C(=O)N3CCN(C(=O)c4ccc(C)s4)CC3)[nH]c2c1. The van der Waals surface area contributed by atoms with E-state index in [1.165, 1.54) is 11.3 Å². The lowest BCUT2D eigenvalue weighted by Crippen LogP contribution is -2.50. The number of benzene rings is 1. The van der Waals surface area contributed by atoms with Crippen LogP contribution in [0, 0.1) is 6.92 Å². The van der Waals surface area contributed by atoms with Crippen LogP contribution >= 0.6 is 11.3 Å². The van der Waals surface area contributed by atoms with E-state index in [0.29, 0.717) is 38.5 Å². The number of nitrogens with one attached hydrogen (secondary N) is 1. The number of amides is 2. The number of carbonyl (C=O) groups is 2. The summed E-state index contributed by atoms with van der Waals surface area (Å²) in [4.78, 5) is 34.2. The molecule has 0 saturated carbocycles. The van der Waals surface area contributed by atoms with E-state index in [4.69, 9.17) is 4.74 Å². The number of fused-ring (bicyclic) bond motifs is 1. The minimum absolute atomic E-state index is 0.0340. The average Bonchev–Trinajstić information content (AvgIpc) is 3.33. The van der Waals surface area contributed by atoms with Crippen LogP contribution in [0.25, 0.3) is 10.9 Å². The molecule has 1 fully saturated rings. The molecule has 0 aliphatic carbocycles. The maximum atomic E-state index is 12.9. The molecule has 0 spiro atoms. The molecule has 0 atom stereocenters. The maximum Gasteiger partial charge on any atom is 0.270 e. The van der Waals surface area contributed by atoms with Gasteiger partial charge in [-0.25, -0.2) is 0 Å². The van der Waals surface area contributed by atoms with Crippen molar-refractivity contribution in [3.05, 3.63) is 51.8 Å². The first kappa shape index (κ1) is 18.6. The van der Waals surface area contributed by atoms with Gasteiger partial charge >= 0.3 is 0 Å². The van der Waals surface area contributed by atoms with Crippen LogP contribution in [0.15, 0.2) is 36.4 Å². The number of aromatic amines is 1. The lowest BCUT2D eigenvalue weighted by molar-refractivity contribution is 0.0535. The topological polar surface area (TPSA) is 65.6 Å². The number of nitrogens with zero attached hydrogens (tertiary/aromatic N) is 2. The number of thiophene rings is 1. The summed E-state index contributed by atoms with van der Waals surface area (Å²) in [5, 5.41) is 0.980. The summed E-state index contributed by atoms with van der Waals surface area (Å²) < 4.78 is 5.52. The number of ether oxygens (including phenoxy) is 1. The number of rotatable bonds is 4. The lowest BCUT2D eigenvalue weighted by atomic mass is 10.2. The molecule has 28 heavy (non-hydrogen) atoms. The van der Waals surface area contributed by atoms with Crippen LogP contribution in [0.4, 0.5) is 0 Å². The Labute approximate surface area is 167 Å². The first-order valence-corrected chi connectivity index (χ1v) is 10.3. The van der Waals surface area contributed by atoms with Gasteiger partial charge in [-0.15, -0.1) is 11.3 Å². The molecular weight excluding hydrogens is 374 g/mol. The smallest absolute Gasteiger partial charge is 0.270 e. The van der Waals surface area contributed by atoms with Crippen molar-refractivity contribution in [3.63, 3.8) is 0 Å². The third kappa shape index (κ3) is 3.62. The van der Waals surface area contributed by atoms with Crippen LogP contribution in [0.3, 0.4) is 0 Å². The molecule has 4 rings (SSSR count). The molecule has 2 amide bonds. The third-order valence-electron chi connectivity index (χ3n) is 4.94. The number of hydrogen-bond acceptors (Lipinski definition) is 4. The number of aromatic nitrogens is 1. The van der Waals surface area contributed by atoms with E-state index in [1.807, 2.05) is 55.1 Å². The highest BCUT2D eigenvalue weighted by atomic mass is 32.1. The lowest BCUT2D eigenvalue weighted by Gasteiger charge is -2.34. The maximum absolute atomic E-state index is 12.9. The van der Waals surface area contributed by atoms with Crippen molar-refractivity contribution in [2.45, 2.75) is 13.8 Å². The summed E-state index contributed by atoms with van der Waals surface area (Å²) in [6.45, 7) is 6.72. The molecule has 146 valence electrons. The highest BCUT2D eigenvalue weighted by Gasteiger charge is 2.26. The second-order valence-corrected chi connectivity index (χ2v) is 8.15. The molecule has 2 aromatic heterocycles. The van der Waals surface area contributed by atoms with E-state index in [-0.39, 0.29) is 11.8 Å². The minimum Gasteiger partial charge on any atom is -0.494 e. The van der Waals surface area contributed by atoms with Gasteiger partial charge in [-0.05, 0) is 44.2 Å². The summed E-state index contributed by atoms with van der Waals surface area (Å²) in [6, 6.07) is 11.5. The van der Waals surface area contributed by atoms with Gasteiger partial charge in [-0.2, -0.15) is 0 Å². The molecule has 3 aromatic rings. The predicted octanol–water partition coefficient (Wildman–Crippen LogP) is 3.53. The summed E-state index contributed by atoms with van der Waals surface area (Å²) in [6.07, 6.45) is 0. The van der Waals surface area contributed by atoms with Gasteiger partial charge in [0.1, 0.15) is 11.4 Å².